The molecule has 6 nitrogen and oxygen atoms in total. The Labute approximate surface area is 171 Å². The Hall–Kier alpha value is -2.09. The molecule has 1 N–H and O–H groups in total. The summed E-state index contributed by atoms with van der Waals surface area (Å²) in [7, 11) is -3.61. The molecule has 0 aliphatic carbocycles. The van der Waals surface area contributed by atoms with Crippen LogP contribution in [0.1, 0.15) is 25.0 Å². The summed E-state index contributed by atoms with van der Waals surface area (Å²) in [5, 5.41) is 2.89. The summed E-state index contributed by atoms with van der Waals surface area (Å²) in [4.78, 5) is 12.2. The largest absolute Gasteiger partial charge is 0.482 e. The molecule has 8 heteroatoms. The first-order valence-corrected chi connectivity index (χ1v) is 10.8. The average Bonchev–Trinajstić information content (AvgIpc) is 2.64. The van der Waals surface area contributed by atoms with Crippen LogP contribution in [0.4, 0.5) is 5.69 Å². The highest BCUT2D eigenvalue weighted by Gasteiger charge is 2.22. The van der Waals surface area contributed by atoms with Crippen LogP contribution in [0.5, 0.6) is 5.75 Å². The molecule has 0 fully saturated rings. The molecule has 0 unspecified atom stereocenters. The molecule has 2 aromatic carbocycles. The molecule has 0 atom stereocenters. The van der Waals surface area contributed by atoms with Crippen LogP contribution in [0, 0.1) is 13.8 Å². The van der Waals surface area contributed by atoms with Crippen molar-refractivity contribution in [2.45, 2.75) is 32.6 Å². The summed E-state index contributed by atoms with van der Waals surface area (Å²) in [5.41, 5.74) is 2.90. The van der Waals surface area contributed by atoms with Gasteiger partial charge in [-0.15, -0.1) is 0 Å². The van der Waals surface area contributed by atoms with Gasteiger partial charge >= 0.3 is 0 Å². The van der Waals surface area contributed by atoms with E-state index in [4.69, 9.17) is 16.3 Å². The Morgan fingerprint density at radius 1 is 1.07 bits per heavy atom. The Morgan fingerprint density at radius 3 is 2.32 bits per heavy atom. The van der Waals surface area contributed by atoms with E-state index in [9.17, 15) is 13.2 Å². The zero-order chi connectivity index (χ0) is 20.9. The molecule has 28 heavy (non-hydrogen) atoms. The van der Waals surface area contributed by atoms with Gasteiger partial charge in [0.15, 0.2) is 6.61 Å². The summed E-state index contributed by atoms with van der Waals surface area (Å²) in [5.74, 6) is -0.0884. The second kappa shape index (κ2) is 9.41. The number of amides is 1. The number of benzene rings is 2. The molecule has 1 amide bonds. The zero-order valence-corrected chi connectivity index (χ0v) is 18.0. The number of aryl methyl sites for hydroxylation is 2. The topological polar surface area (TPSA) is 75.7 Å². The number of anilines is 1. The van der Waals surface area contributed by atoms with Crippen LogP contribution in [0.3, 0.4) is 0 Å². The van der Waals surface area contributed by atoms with Gasteiger partial charge in [-0.1, -0.05) is 31.5 Å². The van der Waals surface area contributed by atoms with Crippen molar-refractivity contribution >= 4 is 33.2 Å². The number of nitrogens with one attached hydrogen (secondary N) is 1. The summed E-state index contributed by atoms with van der Waals surface area (Å²) in [6.45, 7) is 8.00. The Balaban J connectivity index is 2.05. The lowest BCUT2D eigenvalue weighted by atomic mass is 10.1. The van der Waals surface area contributed by atoms with Crippen LogP contribution >= 0.6 is 11.6 Å². The van der Waals surface area contributed by atoms with Crippen molar-refractivity contribution in [2.75, 3.05) is 25.0 Å². The van der Waals surface area contributed by atoms with E-state index in [0.29, 0.717) is 18.8 Å². The quantitative estimate of drug-likeness (QED) is 0.694. The number of ether oxygens (including phenoxy) is 1. The standard InChI is InChI=1S/C20H25ClN2O4S/c1-5-23(6-2)28(25,26)17-9-10-19(18(21)12-17)27-13-20(24)22-16-8-7-14(3)15(4)11-16/h7-12H,5-6,13H2,1-4H3,(H,22,24). The van der Waals surface area contributed by atoms with Crippen molar-refractivity contribution in [3.63, 3.8) is 0 Å². The molecule has 0 aliphatic heterocycles. The fourth-order valence-electron chi connectivity index (χ4n) is 2.63. The van der Waals surface area contributed by atoms with Crippen molar-refractivity contribution in [2.24, 2.45) is 0 Å². The lowest BCUT2D eigenvalue weighted by molar-refractivity contribution is -0.118. The SMILES string of the molecule is CCN(CC)S(=O)(=O)c1ccc(OCC(=O)Nc2ccc(C)c(C)c2)c(Cl)c1. The third kappa shape index (κ3) is 5.25. The lowest BCUT2D eigenvalue weighted by Crippen LogP contribution is -2.30. The summed E-state index contributed by atoms with van der Waals surface area (Å²) < 4.78 is 31.9. The number of halogens is 1. The van der Waals surface area contributed by atoms with Crippen molar-refractivity contribution in [3.05, 3.63) is 52.5 Å². The molecular formula is C20H25ClN2O4S. The van der Waals surface area contributed by atoms with Crippen molar-refractivity contribution in [3.8, 4) is 5.75 Å². The number of rotatable bonds is 8. The second-order valence-corrected chi connectivity index (χ2v) is 8.66. The number of sulfonamides is 1. The molecule has 0 aromatic heterocycles. The van der Waals surface area contributed by atoms with Gasteiger partial charge in [-0.3, -0.25) is 4.79 Å². The minimum absolute atomic E-state index is 0.0909. The zero-order valence-electron chi connectivity index (χ0n) is 16.5. The molecule has 0 saturated carbocycles. The molecular weight excluding hydrogens is 400 g/mol. The number of carbonyl (C=O) groups is 1. The minimum atomic E-state index is -3.61. The van der Waals surface area contributed by atoms with Crippen molar-refractivity contribution in [1.82, 2.24) is 4.31 Å². The Kier molecular flexibility index (Phi) is 7.46. The van der Waals surface area contributed by atoms with Gasteiger partial charge in [-0.05, 0) is 55.3 Å². The summed E-state index contributed by atoms with van der Waals surface area (Å²) in [6, 6.07) is 9.86. The molecule has 152 valence electrons. The smallest absolute Gasteiger partial charge is 0.262 e. The van der Waals surface area contributed by atoms with Crippen LogP contribution in [-0.2, 0) is 14.8 Å². The van der Waals surface area contributed by atoms with E-state index in [0.717, 1.165) is 11.1 Å². The van der Waals surface area contributed by atoms with E-state index < -0.39 is 10.0 Å². The molecule has 0 heterocycles. The molecule has 0 radical (unpaired) electrons. The predicted molar refractivity (Wildman–Crippen MR) is 112 cm³/mol. The van der Waals surface area contributed by atoms with Gasteiger partial charge in [0.25, 0.3) is 5.91 Å². The van der Waals surface area contributed by atoms with E-state index >= 15 is 0 Å². The van der Waals surface area contributed by atoms with Crippen molar-refractivity contribution < 1.29 is 17.9 Å². The van der Waals surface area contributed by atoms with Gasteiger partial charge in [0.2, 0.25) is 10.0 Å². The molecule has 2 rings (SSSR count). The van der Waals surface area contributed by atoms with E-state index in [1.807, 2.05) is 32.0 Å². The highest BCUT2D eigenvalue weighted by molar-refractivity contribution is 7.89. The van der Waals surface area contributed by atoms with Gasteiger partial charge in [0.05, 0.1) is 9.92 Å². The fraction of sp³-hybridized carbons (Fsp3) is 0.350. The van der Waals surface area contributed by atoms with Crippen LogP contribution in [0.25, 0.3) is 0 Å². The van der Waals surface area contributed by atoms with Crippen LogP contribution in [-0.4, -0.2) is 38.3 Å². The first-order chi connectivity index (χ1) is 13.2. The average molecular weight is 425 g/mol. The number of nitrogens with zero attached hydrogens (tertiary/aromatic N) is 1. The maximum atomic E-state index is 12.5. The molecule has 2 aromatic rings. The van der Waals surface area contributed by atoms with Gasteiger partial charge in [0.1, 0.15) is 5.75 Å². The monoisotopic (exact) mass is 424 g/mol. The van der Waals surface area contributed by atoms with E-state index in [2.05, 4.69) is 5.32 Å². The van der Waals surface area contributed by atoms with Gasteiger partial charge in [0, 0.05) is 18.8 Å². The van der Waals surface area contributed by atoms with E-state index in [-0.39, 0.29) is 28.2 Å². The Morgan fingerprint density at radius 2 is 1.75 bits per heavy atom. The maximum Gasteiger partial charge on any atom is 0.262 e. The highest BCUT2D eigenvalue weighted by atomic mass is 35.5. The minimum Gasteiger partial charge on any atom is -0.482 e. The van der Waals surface area contributed by atoms with E-state index in [1.165, 1.54) is 22.5 Å². The third-order valence-corrected chi connectivity index (χ3v) is 6.74. The van der Waals surface area contributed by atoms with Crippen LogP contribution < -0.4 is 10.1 Å². The first kappa shape index (κ1) is 22.2. The molecule has 0 saturated heterocycles. The summed E-state index contributed by atoms with van der Waals surface area (Å²) in [6.07, 6.45) is 0. The normalized spacial score (nSPS) is 11.5. The lowest BCUT2D eigenvalue weighted by Gasteiger charge is -2.19. The summed E-state index contributed by atoms with van der Waals surface area (Å²) >= 11 is 6.17. The predicted octanol–water partition coefficient (Wildman–Crippen LogP) is 4.00. The Bertz CT molecular complexity index is 957. The third-order valence-electron chi connectivity index (χ3n) is 4.40. The fourth-order valence-corrected chi connectivity index (χ4v) is 4.42. The molecule has 0 bridgehead atoms. The number of hydrogen-bond acceptors (Lipinski definition) is 4. The number of carbonyl (C=O) groups excluding carboxylic acids is 1. The maximum absolute atomic E-state index is 12.5. The second-order valence-electron chi connectivity index (χ2n) is 6.32. The van der Waals surface area contributed by atoms with Gasteiger partial charge in [-0.25, -0.2) is 8.42 Å². The van der Waals surface area contributed by atoms with Gasteiger partial charge in [-0.2, -0.15) is 4.31 Å². The van der Waals surface area contributed by atoms with Crippen LogP contribution in [0.15, 0.2) is 41.3 Å². The molecule has 0 aliphatic rings. The first-order valence-electron chi connectivity index (χ1n) is 8.98. The molecule has 0 spiro atoms. The van der Waals surface area contributed by atoms with Gasteiger partial charge < -0.3 is 10.1 Å². The van der Waals surface area contributed by atoms with E-state index in [1.54, 1.807) is 13.8 Å². The highest BCUT2D eigenvalue weighted by Crippen LogP contribution is 2.28. The number of hydrogen-bond donors (Lipinski definition) is 1. The van der Waals surface area contributed by atoms with Crippen molar-refractivity contribution in [1.29, 1.82) is 0 Å². The van der Waals surface area contributed by atoms with Crippen LogP contribution in [0.2, 0.25) is 5.02 Å².